The van der Waals surface area contributed by atoms with E-state index < -0.39 is 0 Å². The number of aromatic nitrogens is 2. The minimum atomic E-state index is -0.143. The molecule has 1 aliphatic rings. The van der Waals surface area contributed by atoms with Gasteiger partial charge in [-0.05, 0) is 26.2 Å². The first kappa shape index (κ1) is 15.8. The van der Waals surface area contributed by atoms with Crippen molar-refractivity contribution in [2.75, 3.05) is 6.61 Å². The highest BCUT2D eigenvalue weighted by Crippen LogP contribution is 2.27. The molecule has 1 saturated carbocycles. The van der Waals surface area contributed by atoms with Crippen molar-refractivity contribution in [2.45, 2.75) is 71.1 Å². The van der Waals surface area contributed by atoms with Gasteiger partial charge in [0.15, 0.2) is 0 Å². The smallest absolute Gasteiger partial charge is 0.0900 e. The van der Waals surface area contributed by atoms with E-state index in [0.717, 1.165) is 42.2 Å². The minimum absolute atomic E-state index is 0.143. The largest absolute Gasteiger partial charge is 0.373 e. The van der Waals surface area contributed by atoms with Gasteiger partial charge in [-0.15, -0.1) is 0 Å². The van der Waals surface area contributed by atoms with Gasteiger partial charge in [-0.25, -0.2) is 0 Å². The van der Waals surface area contributed by atoms with Crippen LogP contribution < -0.4 is 5.73 Å². The molecule has 2 rings (SSSR count). The molecule has 0 spiro atoms. The summed E-state index contributed by atoms with van der Waals surface area (Å²) < 4.78 is 7.81. The lowest BCUT2D eigenvalue weighted by Crippen LogP contribution is -2.46. The molecular formula is C15H26ClN3O. The number of ether oxygens (including phenoxy) is 1. The Hall–Kier alpha value is -0.580. The zero-order chi connectivity index (χ0) is 14.6. The van der Waals surface area contributed by atoms with Crippen LogP contribution in [-0.2, 0) is 24.3 Å². The second-order valence-electron chi connectivity index (χ2n) is 5.79. The van der Waals surface area contributed by atoms with Gasteiger partial charge in [-0.3, -0.25) is 4.68 Å². The molecule has 0 saturated heterocycles. The van der Waals surface area contributed by atoms with Crippen molar-refractivity contribution in [2.24, 2.45) is 5.73 Å². The summed E-state index contributed by atoms with van der Waals surface area (Å²) in [4.78, 5) is 0. The molecule has 114 valence electrons. The fourth-order valence-electron chi connectivity index (χ4n) is 2.91. The van der Waals surface area contributed by atoms with Gasteiger partial charge < -0.3 is 10.5 Å². The summed E-state index contributed by atoms with van der Waals surface area (Å²) >= 11 is 6.37. The number of hydrogen-bond acceptors (Lipinski definition) is 3. The maximum absolute atomic E-state index is 6.38. The van der Waals surface area contributed by atoms with Crippen LogP contribution >= 0.6 is 11.6 Å². The van der Waals surface area contributed by atoms with Crippen molar-refractivity contribution in [3.05, 3.63) is 16.4 Å². The maximum Gasteiger partial charge on any atom is 0.0900 e. The van der Waals surface area contributed by atoms with E-state index in [2.05, 4.69) is 18.9 Å². The highest BCUT2D eigenvalue weighted by atomic mass is 35.5. The van der Waals surface area contributed by atoms with Crippen LogP contribution in [0.25, 0.3) is 0 Å². The van der Waals surface area contributed by atoms with Crippen molar-refractivity contribution in [3.63, 3.8) is 0 Å². The molecule has 0 radical (unpaired) electrons. The average Bonchev–Trinajstić information content (AvgIpc) is 2.76. The van der Waals surface area contributed by atoms with Gasteiger partial charge in [0.25, 0.3) is 0 Å². The van der Waals surface area contributed by atoms with Gasteiger partial charge in [-0.2, -0.15) is 5.10 Å². The van der Waals surface area contributed by atoms with E-state index in [0.29, 0.717) is 13.2 Å². The Morgan fingerprint density at radius 1 is 1.30 bits per heavy atom. The van der Waals surface area contributed by atoms with Crippen LogP contribution in [0.1, 0.15) is 57.3 Å². The highest BCUT2D eigenvalue weighted by molar-refractivity contribution is 6.31. The third-order valence-electron chi connectivity index (χ3n) is 4.17. The van der Waals surface area contributed by atoms with Gasteiger partial charge in [0.05, 0.1) is 29.6 Å². The van der Waals surface area contributed by atoms with Crippen molar-refractivity contribution in [3.8, 4) is 0 Å². The molecular weight excluding hydrogens is 274 g/mol. The summed E-state index contributed by atoms with van der Waals surface area (Å²) in [6.45, 7) is 6.05. The van der Waals surface area contributed by atoms with E-state index in [4.69, 9.17) is 22.1 Å². The summed E-state index contributed by atoms with van der Waals surface area (Å²) in [6.07, 6.45) is 6.70. The Labute approximate surface area is 126 Å². The summed E-state index contributed by atoms with van der Waals surface area (Å²) in [5, 5.41) is 5.26. The average molecular weight is 300 g/mol. The minimum Gasteiger partial charge on any atom is -0.373 e. The lowest BCUT2D eigenvalue weighted by Gasteiger charge is -2.33. The SMILES string of the molecule is CCc1nn(CC)c(COCC2(N)CCCCC2)c1Cl. The predicted octanol–water partition coefficient (Wildman–Crippen LogP) is 3.30. The number of halogens is 1. The van der Waals surface area contributed by atoms with E-state index in [1.54, 1.807) is 0 Å². The third kappa shape index (κ3) is 3.54. The quantitative estimate of drug-likeness (QED) is 0.877. The second-order valence-corrected chi connectivity index (χ2v) is 6.17. The van der Waals surface area contributed by atoms with Crippen LogP contribution in [-0.4, -0.2) is 21.9 Å². The normalized spacial score (nSPS) is 18.4. The van der Waals surface area contributed by atoms with E-state index >= 15 is 0 Å². The first-order valence-corrected chi connectivity index (χ1v) is 8.08. The Morgan fingerprint density at radius 2 is 2.00 bits per heavy atom. The maximum atomic E-state index is 6.38. The van der Waals surface area contributed by atoms with Crippen LogP contribution in [0.3, 0.4) is 0 Å². The van der Waals surface area contributed by atoms with Gasteiger partial charge in [0.2, 0.25) is 0 Å². The number of rotatable bonds is 6. The van der Waals surface area contributed by atoms with Crippen LogP contribution in [0, 0.1) is 0 Å². The summed E-state index contributed by atoms with van der Waals surface area (Å²) in [7, 11) is 0. The lowest BCUT2D eigenvalue weighted by atomic mass is 9.83. The summed E-state index contributed by atoms with van der Waals surface area (Å²) in [5.74, 6) is 0. The Balaban J connectivity index is 1.95. The van der Waals surface area contributed by atoms with Gasteiger partial charge in [-0.1, -0.05) is 37.8 Å². The fourth-order valence-corrected chi connectivity index (χ4v) is 3.23. The summed E-state index contributed by atoms with van der Waals surface area (Å²) in [6, 6.07) is 0. The van der Waals surface area contributed by atoms with Crippen molar-refractivity contribution >= 4 is 11.6 Å². The third-order valence-corrected chi connectivity index (χ3v) is 4.61. The molecule has 0 amide bonds. The van der Waals surface area contributed by atoms with Crippen molar-refractivity contribution < 1.29 is 4.74 Å². The van der Waals surface area contributed by atoms with Crippen molar-refractivity contribution in [1.29, 1.82) is 0 Å². The molecule has 1 aliphatic carbocycles. The van der Waals surface area contributed by atoms with E-state index in [1.165, 1.54) is 19.3 Å². The number of nitrogens with two attached hydrogens (primary N) is 1. The van der Waals surface area contributed by atoms with E-state index in [-0.39, 0.29) is 5.54 Å². The van der Waals surface area contributed by atoms with Crippen LogP contribution in [0.2, 0.25) is 5.02 Å². The van der Waals surface area contributed by atoms with Gasteiger partial charge in [0.1, 0.15) is 0 Å². The monoisotopic (exact) mass is 299 g/mol. The Kier molecular flexibility index (Phi) is 5.47. The molecule has 5 heteroatoms. The molecule has 0 aromatic carbocycles. The second kappa shape index (κ2) is 6.92. The molecule has 4 nitrogen and oxygen atoms in total. The summed E-state index contributed by atoms with van der Waals surface area (Å²) in [5.41, 5.74) is 8.17. The predicted molar refractivity (Wildman–Crippen MR) is 81.9 cm³/mol. The van der Waals surface area contributed by atoms with Crippen LogP contribution in [0.4, 0.5) is 0 Å². The lowest BCUT2D eigenvalue weighted by molar-refractivity contribution is 0.0540. The van der Waals surface area contributed by atoms with Gasteiger partial charge >= 0.3 is 0 Å². The van der Waals surface area contributed by atoms with Crippen LogP contribution in [0.5, 0.6) is 0 Å². The van der Waals surface area contributed by atoms with Gasteiger partial charge in [0, 0.05) is 12.1 Å². The fraction of sp³-hybridized carbons (Fsp3) is 0.800. The number of aryl methyl sites for hydroxylation is 2. The molecule has 1 heterocycles. The van der Waals surface area contributed by atoms with Crippen molar-refractivity contribution in [1.82, 2.24) is 9.78 Å². The zero-order valence-electron chi connectivity index (χ0n) is 12.6. The molecule has 0 bridgehead atoms. The molecule has 1 aromatic heterocycles. The number of hydrogen-bond donors (Lipinski definition) is 1. The first-order valence-electron chi connectivity index (χ1n) is 7.70. The van der Waals surface area contributed by atoms with E-state index in [9.17, 15) is 0 Å². The molecule has 0 aliphatic heterocycles. The highest BCUT2D eigenvalue weighted by Gasteiger charge is 2.28. The molecule has 0 unspecified atom stereocenters. The Bertz CT molecular complexity index is 439. The Morgan fingerprint density at radius 3 is 2.60 bits per heavy atom. The molecule has 1 fully saturated rings. The molecule has 1 aromatic rings. The topological polar surface area (TPSA) is 53.1 Å². The van der Waals surface area contributed by atoms with Crippen LogP contribution in [0.15, 0.2) is 0 Å². The van der Waals surface area contributed by atoms with E-state index in [1.807, 2.05) is 4.68 Å². The number of nitrogens with zero attached hydrogens (tertiary/aromatic N) is 2. The molecule has 2 N–H and O–H groups in total. The first-order chi connectivity index (χ1) is 9.59. The standard InChI is InChI=1S/C15H26ClN3O/c1-3-12-14(16)13(19(4-2)18-12)10-20-11-15(17)8-6-5-7-9-15/h3-11,17H2,1-2H3. The zero-order valence-corrected chi connectivity index (χ0v) is 13.4. The molecule has 20 heavy (non-hydrogen) atoms. The molecule has 0 atom stereocenters.